The van der Waals surface area contributed by atoms with Gasteiger partial charge in [-0.2, -0.15) is 0 Å². The number of piperazine rings is 1. The van der Waals surface area contributed by atoms with Gasteiger partial charge in [-0.1, -0.05) is 5.92 Å². The first-order chi connectivity index (χ1) is 9.01. The first kappa shape index (κ1) is 14.8. The van der Waals surface area contributed by atoms with Crippen LogP contribution in [-0.4, -0.2) is 65.0 Å². The molecule has 104 valence electrons. The van der Waals surface area contributed by atoms with E-state index in [0.29, 0.717) is 13.1 Å². The van der Waals surface area contributed by atoms with Crippen molar-refractivity contribution in [3.63, 3.8) is 0 Å². The van der Waals surface area contributed by atoms with Crippen molar-refractivity contribution in [3.05, 3.63) is 0 Å². The molecule has 1 saturated heterocycles. The number of amides is 3. The molecule has 1 unspecified atom stereocenters. The smallest absolute Gasteiger partial charge is 0.321 e. The number of carbonyl (C=O) groups excluding carboxylic acids is 2. The fraction of sp³-hybridized carbons (Fsp3) is 0.583. The molecule has 1 fully saturated rings. The Morgan fingerprint density at radius 2 is 2.32 bits per heavy atom. The number of carboxylic acids is 1. The molecule has 1 heterocycles. The molecule has 7 heteroatoms. The molecule has 19 heavy (non-hydrogen) atoms. The molecule has 2 N–H and O–H groups in total. The van der Waals surface area contributed by atoms with E-state index in [9.17, 15) is 14.4 Å². The van der Waals surface area contributed by atoms with Crippen molar-refractivity contribution in [3.8, 4) is 12.3 Å². The lowest BCUT2D eigenvalue weighted by molar-refractivity contribution is -0.142. The molecular formula is C12H17N3O4. The van der Waals surface area contributed by atoms with Crippen molar-refractivity contribution in [1.29, 1.82) is 0 Å². The molecule has 0 saturated carbocycles. The van der Waals surface area contributed by atoms with E-state index >= 15 is 0 Å². The number of aliphatic carboxylic acids is 1. The predicted molar refractivity (Wildman–Crippen MR) is 67.2 cm³/mol. The van der Waals surface area contributed by atoms with Crippen LogP contribution in [0.15, 0.2) is 0 Å². The van der Waals surface area contributed by atoms with Gasteiger partial charge < -0.3 is 20.2 Å². The number of carbonyl (C=O) groups is 3. The highest BCUT2D eigenvalue weighted by Gasteiger charge is 2.36. The highest BCUT2D eigenvalue weighted by molar-refractivity contribution is 5.91. The van der Waals surface area contributed by atoms with E-state index in [4.69, 9.17) is 11.5 Å². The Morgan fingerprint density at radius 3 is 2.84 bits per heavy atom. The maximum Gasteiger partial charge on any atom is 0.321 e. The van der Waals surface area contributed by atoms with E-state index in [1.165, 1.54) is 9.80 Å². The van der Waals surface area contributed by atoms with Crippen LogP contribution in [0.5, 0.6) is 0 Å². The lowest BCUT2D eigenvalue weighted by atomic mass is 10.1. The normalized spacial score (nSPS) is 18.4. The van der Waals surface area contributed by atoms with E-state index in [1.54, 1.807) is 6.92 Å². The number of terminal acetylenes is 1. The first-order valence-electron chi connectivity index (χ1n) is 5.99. The van der Waals surface area contributed by atoms with E-state index in [0.717, 1.165) is 0 Å². The Labute approximate surface area is 111 Å². The molecule has 0 aliphatic carbocycles. The minimum absolute atomic E-state index is 0.132. The highest BCUT2D eigenvalue weighted by atomic mass is 16.4. The minimum Gasteiger partial charge on any atom is -0.481 e. The van der Waals surface area contributed by atoms with Gasteiger partial charge in [-0.3, -0.25) is 9.59 Å². The van der Waals surface area contributed by atoms with Crippen LogP contribution < -0.4 is 5.32 Å². The second-order valence-corrected chi connectivity index (χ2v) is 4.10. The van der Waals surface area contributed by atoms with Crippen LogP contribution in [0.25, 0.3) is 0 Å². The summed E-state index contributed by atoms with van der Waals surface area (Å²) in [6.07, 6.45) is 4.77. The Morgan fingerprint density at radius 1 is 1.63 bits per heavy atom. The Hall–Kier alpha value is -2.23. The van der Waals surface area contributed by atoms with Crippen molar-refractivity contribution in [1.82, 2.24) is 15.1 Å². The summed E-state index contributed by atoms with van der Waals surface area (Å²) in [5.74, 6) is 0.796. The summed E-state index contributed by atoms with van der Waals surface area (Å²) in [5, 5.41) is 11.4. The Bertz CT molecular complexity index is 416. The zero-order chi connectivity index (χ0) is 14.4. The standard InChI is InChI=1S/C12H17N3O4/c1-3-6-14(4-2)12(19)15-7-5-13-11(18)9(15)8-10(16)17/h1,9H,4-8H2,2H3,(H,13,18)(H,16,17). The van der Waals surface area contributed by atoms with Crippen LogP contribution in [0.2, 0.25) is 0 Å². The zero-order valence-electron chi connectivity index (χ0n) is 10.8. The van der Waals surface area contributed by atoms with Gasteiger partial charge in [-0.25, -0.2) is 4.79 Å². The van der Waals surface area contributed by atoms with Crippen LogP contribution in [0.3, 0.4) is 0 Å². The molecule has 7 nitrogen and oxygen atoms in total. The third kappa shape index (κ3) is 3.61. The largest absolute Gasteiger partial charge is 0.481 e. The van der Waals surface area contributed by atoms with Gasteiger partial charge in [0.15, 0.2) is 0 Å². The van der Waals surface area contributed by atoms with Gasteiger partial charge in [0.2, 0.25) is 5.91 Å². The second-order valence-electron chi connectivity index (χ2n) is 4.10. The maximum absolute atomic E-state index is 12.2. The lowest BCUT2D eigenvalue weighted by Crippen LogP contribution is -2.60. The van der Waals surface area contributed by atoms with Crippen LogP contribution in [0.4, 0.5) is 4.79 Å². The average Bonchev–Trinajstić information content (AvgIpc) is 2.37. The Balaban J connectivity index is 2.87. The second kappa shape index (κ2) is 6.64. The van der Waals surface area contributed by atoms with Gasteiger partial charge in [-0.05, 0) is 6.92 Å². The van der Waals surface area contributed by atoms with Crippen molar-refractivity contribution < 1.29 is 19.5 Å². The third-order valence-electron chi connectivity index (χ3n) is 2.88. The topological polar surface area (TPSA) is 90.0 Å². The molecule has 3 amide bonds. The SMILES string of the molecule is C#CCN(CC)C(=O)N1CCNC(=O)C1CC(=O)O. The third-order valence-corrected chi connectivity index (χ3v) is 2.88. The number of hydrogen-bond donors (Lipinski definition) is 2. The van der Waals surface area contributed by atoms with E-state index in [-0.39, 0.29) is 13.1 Å². The number of urea groups is 1. The predicted octanol–water partition coefficient (Wildman–Crippen LogP) is -0.663. The quantitative estimate of drug-likeness (QED) is 0.661. The summed E-state index contributed by atoms with van der Waals surface area (Å²) in [6, 6.07) is -1.38. The van der Waals surface area contributed by atoms with Gasteiger partial charge in [-0.15, -0.1) is 6.42 Å². The van der Waals surface area contributed by atoms with Gasteiger partial charge in [0.25, 0.3) is 0 Å². The average molecular weight is 267 g/mol. The molecule has 1 aliphatic rings. The molecular weight excluding hydrogens is 250 g/mol. The van der Waals surface area contributed by atoms with Crippen molar-refractivity contribution >= 4 is 17.9 Å². The summed E-state index contributed by atoms with van der Waals surface area (Å²) in [6.45, 7) is 2.90. The van der Waals surface area contributed by atoms with Crippen LogP contribution in [-0.2, 0) is 9.59 Å². The highest BCUT2D eigenvalue weighted by Crippen LogP contribution is 2.12. The van der Waals surface area contributed by atoms with Gasteiger partial charge in [0, 0.05) is 19.6 Å². The number of hydrogen-bond acceptors (Lipinski definition) is 3. The number of nitrogens with zero attached hydrogens (tertiary/aromatic N) is 2. The van der Waals surface area contributed by atoms with Crippen molar-refractivity contribution in [2.45, 2.75) is 19.4 Å². The van der Waals surface area contributed by atoms with Gasteiger partial charge >= 0.3 is 12.0 Å². The monoisotopic (exact) mass is 267 g/mol. The first-order valence-corrected chi connectivity index (χ1v) is 5.99. The number of nitrogens with one attached hydrogen (secondary N) is 1. The Kier molecular flexibility index (Phi) is 5.18. The van der Waals surface area contributed by atoms with E-state index < -0.39 is 30.4 Å². The maximum atomic E-state index is 12.2. The molecule has 0 radical (unpaired) electrons. The molecule has 1 rings (SSSR count). The molecule has 0 bridgehead atoms. The molecule has 0 aromatic heterocycles. The molecule has 0 aromatic carbocycles. The fourth-order valence-electron chi connectivity index (χ4n) is 1.92. The summed E-state index contributed by atoms with van der Waals surface area (Å²) in [4.78, 5) is 37.4. The summed E-state index contributed by atoms with van der Waals surface area (Å²) >= 11 is 0. The van der Waals surface area contributed by atoms with E-state index in [1.807, 2.05) is 0 Å². The molecule has 1 atom stereocenters. The van der Waals surface area contributed by atoms with Crippen molar-refractivity contribution in [2.75, 3.05) is 26.2 Å². The van der Waals surface area contributed by atoms with Crippen molar-refractivity contribution in [2.24, 2.45) is 0 Å². The van der Waals surface area contributed by atoms with E-state index in [2.05, 4.69) is 11.2 Å². The lowest BCUT2D eigenvalue weighted by Gasteiger charge is -2.37. The minimum atomic E-state index is -1.13. The van der Waals surface area contributed by atoms with Crippen LogP contribution in [0, 0.1) is 12.3 Å². The summed E-state index contributed by atoms with van der Waals surface area (Å²) in [7, 11) is 0. The van der Waals surface area contributed by atoms with Crippen LogP contribution in [0.1, 0.15) is 13.3 Å². The molecule has 0 aromatic rings. The van der Waals surface area contributed by atoms with Crippen LogP contribution >= 0.6 is 0 Å². The summed E-state index contributed by atoms with van der Waals surface area (Å²) < 4.78 is 0. The molecule has 0 spiro atoms. The fourth-order valence-corrected chi connectivity index (χ4v) is 1.92. The summed E-state index contributed by atoms with van der Waals surface area (Å²) in [5.41, 5.74) is 0. The zero-order valence-corrected chi connectivity index (χ0v) is 10.8. The number of rotatable bonds is 4. The van der Waals surface area contributed by atoms with Gasteiger partial charge in [0.05, 0.1) is 13.0 Å². The number of carboxylic acid groups (broad SMARTS) is 1. The molecule has 1 aliphatic heterocycles. The van der Waals surface area contributed by atoms with Gasteiger partial charge in [0.1, 0.15) is 6.04 Å².